The fourth-order valence-electron chi connectivity index (χ4n) is 1.68. The first kappa shape index (κ1) is 7.68. The van der Waals surface area contributed by atoms with E-state index in [4.69, 9.17) is 0 Å². The Hall–Kier alpha value is -0.953. The van der Waals surface area contributed by atoms with Crippen LogP contribution in [0.5, 0.6) is 0 Å². The molecule has 0 saturated carbocycles. The minimum atomic E-state index is -0.531. The van der Waals surface area contributed by atoms with Gasteiger partial charge in [-0.25, -0.2) is 0 Å². The largest absolute Gasteiger partial charge is 0.114 e. The van der Waals surface area contributed by atoms with E-state index < -0.39 is 8.41 Å². The van der Waals surface area contributed by atoms with E-state index in [1.165, 1.54) is 21.9 Å². The summed E-state index contributed by atoms with van der Waals surface area (Å²) in [5.74, 6) is 0. The van der Waals surface area contributed by atoms with Crippen LogP contribution in [0.3, 0.4) is 0 Å². The first-order valence-electron chi connectivity index (χ1n) is 4.17. The van der Waals surface area contributed by atoms with Gasteiger partial charge in [-0.05, 0) is 28.8 Å². The van der Waals surface area contributed by atoms with Crippen LogP contribution in [-0.4, -0.2) is 14.6 Å². The lowest BCUT2D eigenvalue weighted by atomic mass is 10.1. The molecule has 0 N–H and O–H groups in total. The van der Waals surface area contributed by atoms with Crippen LogP contribution >= 0.6 is 0 Å². The lowest BCUT2D eigenvalue weighted by Gasteiger charge is -1.99. The van der Waals surface area contributed by atoms with Crippen LogP contribution in [0.15, 0.2) is 46.2 Å². The van der Waals surface area contributed by atoms with Crippen LogP contribution in [0.2, 0.25) is 6.55 Å². The van der Waals surface area contributed by atoms with Gasteiger partial charge in [-0.15, -0.1) is 6.17 Å². The minimum Gasteiger partial charge on any atom is -0.114 e. The van der Waals surface area contributed by atoms with Gasteiger partial charge in [-0.3, -0.25) is 0 Å². The maximum Gasteiger partial charge on any atom is 0.0358 e. The fourth-order valence-corrected chi connectivity index (χ4v) is 2.73. The SMILES string of the molecule is C=[Si](C)C1=C2C=CC(C)=C2C=C1. The van der Waals surface area contributed by atoms with Crippen molar-refractivity contribution in [1.29, 1.82) is 0 Å². The van der Waals surface area contributed by atoms with E-state index in [9.17, 15) is 0 Å². The summed E-state index contributed by atoms with van der Waals surface area (Å²) in [6, 6.07) is 0. The van der Waals surface area contributed by atoms with Gasteiger partial charge in [0.05, 0.1) is 0 Å². The Morgan fingerprint density at radius 2 is 1.75 bits per heavy atom. The topological polar surface area (TPSA) is 0 Å². The monoisotopic (exact) mass is 172 g/mol. The molecule has 0 saturated heterocycles. The lowest BCUT2D eigenvalue weighted by Crippen LogP contribution is -1.97. The molecule has 0 atom stereocenters. The van der Waals surface area contributed by atoms with Crippen LogP contribution in [-0.2, 0) is 0 Å². The molecular formula is C11H12Si. The molecule has 1 heteroatoms. The number of hydrogen-bond acceptors (Lipinski definition) is 0. The molecule has 0 nitrogen and oxygen atoms in total. The van der Waals surface area contributed by atoms with E-state index >= 15 is 0 Å². The Morgan fingerprint density at radius 3 is 2.42 bits per heavy atom. The van der Waals surface area contributed by atoms with Gasteiger partial charge in [-0.2, -0.15) is 0 Å². The van der Waals surface area contributed by atoms with E-state index in [2.05, 4.69) is 43.9 Å². The van der Waals surface area contributed by atoms with Crippen molar-refractivity contribution in [2.24, 2.45) is 0 Å². The molecule has 2 aliphatic carbocycles. The van der Waals surface area contributed by atoms with Crippen molar-refractivity contribution in [2.45, 2.75) is 13.5 Å². The first-order chi connectivity index (χ1) is 5.70. The Bertz CT molecular complexity index is 376. The Morgan fingerprint density at radius 1 is 1.08 bits per heavy atom. The zero-order chi connectivity index (χ0) is 8.72. The number of rotatable bonds is 1. The van der Waals surface area contributed by atoms with E-state index in [-0.39, 0.29) is 0 Å². The maximum absolute atomic E-state index is 4.14. The van der Waals surface area contributed by atoms with E-state index in [0.29, 0.717) is 0 Å². The molecule has 0 aromatic rings. The molecular weight excluding hydrogens is 160 g/mol. The Labute approximate surface area is 74.8 Å². The molecule has 0 bridgehead atoms. The van der Waals surface area contributed by atoms with Gasteiger partial charge in [0, 0.05) is 8.41 Å². The highest BCUT2D eigenvalue weighted by Crippen LogP contribution is 2.33. The van der Waals surface area contributed by atoms with Crippen molar-refractivity contribution >= 4 is 14.6 Å². The molecule has 0 amide bonds. The number of allylic oxidation sites excluding steroid dienone is 8. The highest BCUT2D eigenvalue weighted by atomic mass is 28.2. The molecule has 0 aromatic carbocycles. The smallest absolute Gasteiger partial charge is 0.0358 e. The average molecular weight is 172 g/mol. The zero-order valence-corrected chi connectivity index (χ0v) is 8.52. The molecule has 0 spiro atoms. The third-order valence-corrected chi connectivity index (χ3v) is 3.74. The summed E-state index contributed by atoms with van der Waals surface area (Å²) in [6.45, 7) is 4.40. The van der Waals surface area contributed by atoms with Crippen molar-refractivity contribution in [3.8, 4) is 0 Å². The van der Waals surface area contributed by atoms with Gasteiger partial charge >= 0.3 is 0 Å². The van der Waals surface area contributed by atoms with Gasteiger partial charge in [0.2, 0.25) is 0 Å². The summed E-state index contributed by atoms with van der Waals surface area (Å²) in [5.41, 5.74) is 4.23. The van der Waals surface area contributed by atoms with Crippen LogP contribution in [0.25, 0.3) is 0 Å². The predicted octanol–water partition coefficient (Wildman–Crippen LogP) is 2.42. The molecule has 0 aliphatic heterocycles. The van der Waals surface area contributed by atoms with Gasteiger partial charge in [0.1, 0.15) is 0 Å². The second-order valence-corrected chi connectivity index (χ2v) is 5.47. The summed E-state index contributed by atoms with van der Waals surface area (Å²) in [4.78, 5) is 0. The van der Waals surface area contributed by atoms with Crippen molar-refractivity contribution in [3.63, 3.8) is 0 Å². The van der Waals surface area contributed by atoms with Crippen molar-refractivity contribution in [1.82, 2.24) is 0 Å². The van der Waals surface area contributed by atoms with Crippen LogP contribution in [0.4, 0.5) is 0 Å². The molecule has 2 rings (SSSR count). The Kier molecular flexibility index (Phi) is 1.62. The minimum absolute atomic E-state index is 0.531. The van der Waals surface area contributed by atoms with Crippen molar-refractivity contribution in [3.05, 3.63) is 46.2 Å². The lowest BCUT2D eigenvalue weighted by molar-refractivity contribution is 1.49. The highest BCUT2D eigenvalue weighted by molar-refractivity contribution is 6.69. The second kappa shape index (κ2) is 2.52. The molecule has 0 heterocycles. The van der Waals surface area contributed by atoms with E-state index in [1.807, 2.05) is 0 Å². The second-order valence-electron chi connectivity index (χ2n) is 3.37. The number of hydrogen-bond donors (Lipinski definition) is 0. The average Bonchev–Trinajstić information content (AvgIpc) is 2.53. The number of fused-ring (bicyclic) bond motifs is 1. The summed E-state index contributed by atoms with van der Waals surface area (Å²) < 4.78 is 0. The van der Waals surface area contributed by atoms with E-state index in [1.54, 1.807) is 0 Å². The molecule has 60 valence electrons. The fraction of sp³-hybridized carbons (Fsp3) is 0.182. The summed E-state index contributed by atoms with van der Waals surface area (Å²) in [7, 11) is -0.531. The highest BCUT2D eigenvalue weighted by Gasteiger charge is 2.17. The van der Waals surface area contributed by atoms with Crippen LogP contribution in [0, 0.1) is 0 Å². The van der Waals surface area contributed by atoms with Gasteiger partial charge < -0.3 is 0 Å². The first-order valence-corrected chi connectivity index (χ1v) is 6.38. The quantitative estimate of drug-likeness (QED) is 0.533. The van der Waals surface area contributed by atoms with Gasteiger partial charge in [0.25, 0.3) is 0 Å². The molecule has 0 aromatic heterocycles. The van der Waals surface area contributed by atoms with Crippen molar-refractivity contribution in [2.75, 3.05) is 0 Å². The Balaban J connectivity index is 2.59. The predicted molar refractivity (Wildman–Crippen MR) is 56.7 cm³/mol. The zero-order valence-electron chi connectivity index (χ0n) is 7.52. The van der Waals surface area contributed by atoms with Crippen molar-refractivity contribution < 1.29 is 0 Å². The third-order valence-electron chi connectivity index (χ3n) is 2.38. The molecule has 0 radical (unpaired) electrons. The normalized spacial score (nSPS) is 19.5. The van der Waals surface area contributed by atoms with E-state index in [0.717, 1.165) is 0 Å². The van der Waals surface area contributed by atoms with Gasteiger partial charge in [0.15, 0.2) is 0 Å². The van der Waals surface area contributed by atoms with Gasteiger partial charge in [-0.1, -0.05) is 30.9 Å². The summed E-state index contributed by atoms with van der Waals surface area (Å²) in [5, 5.41) is 1.48. The molecule has 2 aliphatic rings. The third kappa shape index (κ3) is 0.934. The van der Waals surface area contributed by atoms with Crippen LogP contribution < -0.4 is 0 Å². The maximum atomic E-state index is 4.14. The molecule has 12 heavy (non-hydrogen) atoms. The molecule has 0 unspecified atom stereocenters. The summed E-state index contributed by atoms with van der Waals surface area (Å²) in [6.07, 6.45) is 13.0. The standard InChI is InChI=1S/C11H12Si/c1-8-4-5-10-9(8)6-7-11(10)12(2)3/h4-7H,2H2,1,3H3. The molecule has 0 fully saturated rings. The summed E-state index contributed by atoms with van der Waals surface area (Å²) >= 11 is 0. The van der Waals surface area contributed by atoms with Crippen LogP contribution in [0.1, 0.15) is 6.92 Å².